The molecule has 0 aliphatic carbocycles. The van der Waals surface area contributed by atoms with Crippen molar-refractivity contribution in [1.82, 2.24) is 0 Å². The molecule has 18 heavy (non-hydrogen) atoms. The quantitative estimate of drug-likeness (QED) is 0.652. The molecule has 0 aromatic heterocycles. The molecule has 0 aliphatic rings. The maximum Gasteiger partial charge on any atom is 0.419 e. The lowest BCUT2D eigenvalue weighted by molar-refractivity contribution is -0.140. The number of benzene rings is 1. The van der Waals surface area contributed by atoms with Gasteiger partial charge < -0.3 is 5.73 Å². The van der Waals surface area contributed by atoms with Gasteiger partial charge >= 0.3 is 6.18 Å². The second-order valence-corrected chi connectivity index (χ2v) is 3.97. The lowest BCUT2D eigenvalue weighted by Crippen LogP contribution is -2.19. The number of rotatable bonds is 3. The summed E-state index contributed by atoms with van der Waals surface area (Å²) in [6.45, 7) is 5.24. The van der Waals surface area contributed by atoms with Gasteiger partial charge in [0.15, 0.2) is 0 Å². The van der Waals surface area contributed by atoms with E-state index in [1.807, 2.05) is 0 Å². The zero-order chi connectivity index (χ0) is 13.2. The van der Waals surface area contributed by atoms with Gasteiger partial charge in [0.05, 0.1) is 5.56 Å². The maximum absolute atomic E-state index is 13.2. The third kappa shape index (κ3) is 3.99. The first kappa shape index (κ1) is 16.9. The molecule has 0 unspecified atom stereocenters. The average Bonchev–Trinajstić information content (AvgIpc) is 2.14. The summed E-state index contributed by atoms with van der Waals surface area (Å²) in [5.41, 5.74) is 4.76. The minimum absolute atomic E-state index is 0. The van der Waals surface area contributed by atoms with E-state index in [2.05, 4.69) is 6.58 Å². The molecule has 1 nitrogen and oxygen atoms in total. The Morgan fingerprint density at radius 2 is 1.94 bits per heavy atom. The van der Waals surface area contributed by atoms with Crippen LogP contribution >= 0.6 is 12.4 Å². The van der Waals surface area contributed by atoms with Gasteiger partial charge in [0.1, 0.15) is 5.82 Å². The van der Waals surface area contributed by atoms with Gasteiger partial charge in [-0.25, -0.2) is 4.39 Å². The highest BCUT2D eigenvalue weighted by molar-refractivity contribution is 5.85. The second kappa shape index (κ2) is 6.20. The first-order chi connectivity index (χ1) is 7.73. The Balaban J connectivity index is 0.00000289. The van der Waals surface area contributed by atoms with E-state index < -0.39 is 23.6 Å². The molecule has 2 N–H and O–H groups in total. The van der Waals surface area contributed by atoms with Crippen LogP contribution in [0.4, 0.5) is 17.6 Å². The molecule has 0 amide bonds. The molecule has 1 rings (SSSR count). The summed E-state index contributed by atoms with van der Waals surface area (Å²) in [6, 6.07) is 2.29. The molecule has 1 aromatic carbocycles. The fourth-order valence-corrected chi connectivity index (χ4v) is 1.63. The van der Waals surface area contributed by atoms with Gasteiger partial charge in [-0.3, -0.25) is 0 Å². The zero-order valence-corrected chi connectivity index (χ0v) is 10.5. The average molecular weight is 284 g/mol. The van der Waals surface area contributed by atoms with Crippen molar-refractivity contribution in [3.05, 3.63) is 47.3 Å². The monoisotopic (exact) mass is 283 g/mol. The molecule has 0 aliphatic heterocycles. The van der Waals surface area contributed by atoms with Gasteiger partial charge in [-0.05, 0) is 25.0 Å². The van der Waals surface area contributed by atoms with E-state index >= 15 is 0 Å². The lowest BCUT2D eigenvalue weighted by atomic mass is 9.95. The van der Waals surface area contributed by atoms with Gasteiger partial charge in [0.25, 0.3) is 0 Å². The number of hydrogen-bond acceptors (Lipinski definition) is 1. The highest BCUT2D eigenvalue weighted by atomic mass is 35.5. The minimum Gasteiger partial charge on any atom is -0.324 e. The molecule has 0 heterocycles. The molecule has 0 fully saturated rings. The fraction of sp³-hybridized carbons (Fsp3) is 0.333. The van der Waals surface area contributed by atoms with Crippen LogP contribution in [0.1, 0.15) is 30.5 Å². The number of alkyl halides is 3. The van der Waals surface area contributed by atoms with E-state index in [1.165, 1.54) is 12.1 Å². The van der Waals surface area contributed by atoms with E-state index in [-0.39, 0.29) is 24.4 Å². The first-order valence-electron chi connectivity index (χ1n) is 4.99. The number of hydrogen-bond donors (Lipinski definition) is 1. The third-order valence-electron chi connectivity index (χ3n) is 2.30. The van der Waals surface area contributed by atoms with E-state index in [9.17, 15) is 17.6 Å². The highest BCUT2D eigenvalue weighted by Gasteiger charge is 2.37. The molecule has 102 valence electrons. The Kier molecular flexibility index (Phi) is 5.83. The second-order valence-electron chi connectivity index (χ2n) is 3.97. The van der Waals surface area contributed by atoms with Crippen molar-refractivity contribution in [3.63, 3.8) is 0 Å². The predicted molar refractivity (Wildman–Crippen MR) is 65.0 cm³/mol. The van der Waals surface area contributed by atoms with Crippen molar-refractivity contribution in [2.75, 3.05) is 0 Å². The van der Waals surface area contributed by atoms with Crippen molar-refractivity contribution in [1.29, 1.82) is 0 Å². The van der Waals surface area contributed by atoms with Gasteiger partial charge in [0, 0.05) is 6.04 Å². The molecular formula is C12H14ClF4N. The summed E-state index contributed by atoms with van der Waals surface area (Å²) >= 11 is 0. The van der Waals surface area contributed by atoms with Crippen molar-refractivity contribution < 1.29 is 17.6 Å². The highest BCUT2D eigenvalue weighted by Crippen LogP contribution is 2.37. The summed E-state index contributed by atoms with van der Waals surface area (Å²) in [6.07, 6.45) is -4.56. The molecule has 0 spiro atoms. The molecule has 1 aromatic rings. The molecule has 1 atom stereocenters. The summed E-state index contributed by atoms with van der Waals surface area (Å²) < 4.78 is 51.3. The van der Waals surface area contributed by atoms with Crippen LogP contribution in [0.2, 0.25) is 0 Å². The Bertz CT molecular complexity index is 429. The SMILES string of the molecule is C=C(C)C[C@@H](N)c1cccc(F)c1C(F)(F)F.Cl. The van der Waals surface area contributed by atoms with Crippen molar-refractivity contribution in [3.8, 4) is 0 Å². The lowest BCUT2D eigenvalue weighted by Gasteiger charge is -2.18. The van der Waals surface area contributed by atoms with Crippen molar-refractivity contribution in [2.45, 2.75) is 25.6 Å². The number of nitrogens with two attached hydrogens (primary N) is 1. The van der Waals surface area contributed by atoms with Crippen LogP contribution in [-0.4, -0.2) is 0 Å². The fourth-order valence-electron chi connectivity index (χ4n) is 1.63. The predicted octanol–water partition coefficient (Wildman–Crippen LogP) is 4.23. The summed E-state index contributed by atoms with van der Waals surface area (Å²) in [4.78, 5) is 0. The number of halogens is 5. The van der Waals surface area contributed by atoms with E-state index in [0.29, 0.717) is 5.57 Å². The maximum atomic E-state index is 13.2. The van der Waals surface area contributed by atoms with Crippen LogP contribution < -0.4 is 5.73 Å². The zero-order valence-electron chi connectivity index (χ0n) is 9.72. The van der Waals surface area contributed by atoms with Gasteiger partial charge in [-0.15, -0.1) is 19.0 Å². The molecule has 6 heteroatoms. The molecule has 0 radical (unpaired) electrons. The molecule has 0 saturated heterocycles. The van der Waals surface area contributed by atoms with Gasteiger partial charge in [-0.1, -0.05) is 17.7 Å². The largest absolute Gasteiger partial charge is 0.419 e. The molecule has 0 bridgehead atoms. The minimum atomic E-state index is -4.74. The molecular weight excluding hydrogens is 270 g/mol. The van der Waals surface area contributed by atoms with E-state index in [0.717, 1.165) is 6.07 Å². The summed E-state index contributed by atoms with van der Waals surface area (Å²) in [7, 11) is 0. The van der Waals surface area contributed by atoms with Crippen LogP contribution in [0.3, 0.4) is 0 Å². The van der Waals surface area contributed by atoms with Crippen LogP contribution in [0.25, 0.3) is 0 Å². The van der Waals surface area contributed by atoms with Crippen LogP contribution in [-0.2, 0) is 6.18 Å². The van der Waals surface area contributed by atoms with Crippen LogP contribution in [0.5, 0.6) is 0 Å². The summed E-state index contributed by atoms with van der Waals surface area (Å²) in [5, 5.41) is 0. The van der Waals surface area contributed by atoms with Crippen molar-refractivity contribution >= 4 is 12.4 Å². The molecule has 0 saturated carbocycles. The van der Waals surface area contributed by atoms with Gasteiger partial charge in [0.2, 0.25) is 0 Å². The Hall–Kier alpha value is -1.07. The van der Waals surface area contributed by atoms with Gasteiger partial charge in [-0.2, -0.15) is 13.2 Å². The normalized spacial score (nSPS) is 12.8. The van der Waals surface area contributed by atoms with Crippen LogP contribution in [0, 0.1) is 5.82 Å². The van der Waals surface area contributed by atoms with E-state index in [1.54, 1.807) is 6.92 Å². The van der Waals surface area contributed by atoms with Crippen LogP contribution in [0.15, 0.2) is 30.4 Å². The Morgan fingerprint density at radius 1 is 1.39 bits per heavy atom. The Morgan fingerprint density at radius 3 is 2.39 bits per heavy atom. The Labute approximate surface area is 109 Å². The smallest absolute Gasteiger partial charge is 0.324 e. The summed E-state index contributed by atoms with van der Waals surface area (Å²) in [5.74, 6) is -1.30. The standard InChI is InChI=1S/C12H13F4N.ClH/c1-7(2)6-10(17)8-4-3-5-9(13)11(8)12(14,15)16;/h3-5,10H,1,6,17H2,2H3;1H/t10-;/m1./s1. The third-order valence-corrected chi connectivity index (χ3v) is 2.30. The van der Waals surface area contributed by atoms with E-state index in [4.69, 9.17) is 5.73 Å². The first-order valence-corrected chi connectivity index (χ1v) is 4.99. The topological polar surface area (TPSA) is 26.0 Å². The van der Waals surface area contributed by atoms with Crippen molar-refractivity contribution in [2.24, 2.45) is 5.73 Å².